The lowest BCUT2D eigenvalue weighted by Gasteiger charge is -2.10. The molecule has 21 heavy (non-hydrogen) atoms. The van der Waals surface area contributed by atoms with Crippen LogP contribution < -0.4 is 5.32 Å². The number of aromatic carboxylic acids is 1. The number of nitrogens with zero attached hydrogens (tertiary/aromatic N) is 1. The fourth-order valence-corrected chi connectivity index (χ4v) is 2.02. The van der Waals surface area contributed by atoms with E-state index in [1.807, 2.05) is 0 Å². The van der Waals surface area contributed by atoms with Gasteiger partial charge in [0.2, 0.25) is 0 Å². The summed E-state index contributed by atoms with van der Waals surface area (Å²) in [6, 6.07) is 11.4. The van der Waals surface area contributed by atoms with Crippen LogP contribution in [0.15, 0.2) is 42.5 Å². The van der Waals surface area contributed by atoms with Crippen molar-refractivity contribution in [2.24, 2.45) is 0 Å². The van der Waals surface area contributed by atoms with Gasteiger partial charge in [0, 0.05) is 23.9 Å². The van der Waals surface area contributed by atoms with Gasteiger partial charge in [-0.15, -0.1) is 0 Å². The Morgan fingerprint density at radius 2 is 2.00 bits per heavy atom. The van der Waals surface area contributed by atoms with E-state index < -0.39 is 10.9 Å². The third kappa shape index (κ3) is 3.36. The van der Waals surface area contributed by atoms with E-state index in [9.17, 15) is 20.0 Å². The van der Waals surface area contributed by atoms with Crippen molar-refractivity contribution in [3.63, 3.8) is 0 Å². The van der Waals surface area contributed by atoms with Crippen LogP contribution in [0.25, 0.3) is 0 Å². The first-order valence-electron chi connectivity index (χ1n) is 6.29. The molecule has 0 spiro atoms. The maximum atomic E-state index is 11.2. The van der Waals surface area contributed by atoms with Gasteiger partial charge in [0.25, 0.3) is 5.69 Å². The highest BCUT2D eigenvalue weighted by molar-refractivity contribution is 5.94. The van der Waals surface area contributed by atoms with Crippen LogP contribution in [0.3, 0.4) is 0 Å². The molecule has 0 atom stereocenters. The number of benzene rings is 2. The zero-order chi connectivity index (χ0) is 15.4. The van der Waals surface area contributed by atoms with Crippen molar-refractivity contribution in [2.75, 3.05) is 5.32 Å². The summed E-state index contributed by atoms with van der Waals surface area (Å²) in [6.07, 6.45) is 0. The number of carboxylic acids is 1. The van der Waals surface area contributed by atoms with Crippen LogP contribution >= 0.6 is 0 Å². The maximum absolute atomic E-state index is 11.2. The summed E-state index contributed by atoms with van der Waals surface area (Å²) in [5.74, 6) is -1.04. The van der Waals surface area contributed by atoms with Gasteiger partial charge in [0.1, 0.15) is 0 Å². The molecule has 0 aliphatic carbocycles. The minimum Gasteiger partial charge on any atom is -0.478 e. The van der Waals surface area contributed by atoms with E-state index in [0.717, 1.165) is 5.56 Å². The third-order valence-electron chi connectivity index (χ3n) is 3.06. The lowest BCUT2D eigenvalue weighted by Crippen LogP contribution is -2.08. The maximum Gasteiger partial charge on any atom is 0.337 e. The number of nitro benzene ring substituents is 1. The molecule has 0 heterocycles. The average Bonchev–Trinajstić information content (AvgIpc) is 2.46. The van der Waals surface area contributed by atoms with Crippen LogP contribution in [0.5, 0.6) is 0 Å². The van der Waals surface area contributed by atoms with E-state index in [0.29, 0.717) is 11.3 Å². The normalized spacial score (nSPS) is 10.1. The van der Waals surface area contributed by atoms with Crippen LogP contribution in [0.2, 0.25) is 0 Å². The molecular formula is C15H14N2O4. The first kappa shape index (κ1) is 14.5. The van der Waals surface area contributed by atoms with E-state index in [4.69, 9.17) is 0 Å². The number of aryl methyl sites for hydroxylation is 1. The van der Waals surface area contributed by atoms with Crippen LogP contribution in [0.1, 0.15) is 21.5 Å². The van der Waals surface area contributed by atoms with E-state index >= 15 is 0 Å². The molecule has 6 nitrogen and oxygen atoms in total. The zero-order valence-corrected chi connectivity index (χ0v) is 11.4. The zero-order valence-electron chi connectivity index (χ0n) is 11.4. The van der Waals surface area contributed by atoms with Gasteiger partial charge in [0.15, 0.2) is 0 Å². The second-order valence-corrected chi connectivity index (χ2v) is 4.59. The van der Waals surface area contributed by atoms with Gasteiger partial charge in [-0.3, -0.25) is 10.1 Å². The predicted molar refractivity (Wildman–Crippen MR) is 78.6 cm³/mol. The summed E-state index contributed by atoms with van der Waals surface area (Å²) in [7, 11) is 0. The Morgan fingerprint density at radius 1 is 1.29 bits per heavy atom. The molecule has 2 aromatic carbocycles. The highest BCUT2D eigenvalue weighted by Gasteiger charge is 2.14. The minimum atomic E-state index is -1.04. The van der Waals surface area contributed by atoms with E-state index in [2.05, 4.69) is 5.32 Å². The fourth-order valence-electron chi connectivity index (χ4n) is 2.02. The molecule has 0 aliphatic rings. The number of hydrogen-bond acceptors (Lipinski definition) is 4. The molecule has 0 radical (unpaired) electrons. The van der Waals surface area contributed by atoms with Crippen LogP contribution in [-0.4, -0.2) is 16.0 Å². The Hall–Kier alpha value is -2.89. The van der Waals surface area contributed by atoms with Gasteiger partial charge in [-0.25, -0.2) is 4.79 Å². The first-order chi connectivity index (χ1) is 9.99. The number of carboxylic acid groups (broad SMARTS) is 1. The van der Waals surface area contributed by atoms with Gasteiger partial charge in [-0.05, 0) is 19.1 Å². The van der Waals surface area contributed by atoms with Crippen LogP contribution in [0.4, 0.5) is 11.4 Å². The second-order valence-electron chi connectivity index (χ2n) is 4.59. The SMILES string of the molecule is Cc1ccc(NCc2ccccc2[N+](=O)[O-])c(C(=O)O)c1. The number of para-hydroxylation sites is 1. The van der Waals surface area contributed by atoms with Crippen LogP contribution in [-0.2, 0) is 6.54 Å². The predicted octanol–water partition coefficient (Wildman–Crippen LogP) is 3.21. The van der Waals surface area contributed by atoms with Crippen molar-refractivity contribution in [2.45, 2.75) is 13.5 Å². The topological polar surface area (TPSA) is 92.5 Å². The van der Waals surface area contributed by atoms with Crippen molar-refractivity contribution >= 4 is 17.3 Å². The second kappa shape index (κ2) is 6.04. The fraction of sp³-hybridized carbons (Fsp3) is 0.133. The number of carbonyl (C=O) groups is 1. The largest absolute Gasteiger partial charge is 0.478 e. The highest BCUT2D eigenvalue weighted by Crippen LogP contribution is 2.22. The summed E-state index contributed by atoms with van der Waals surface area (Å²) in [5.41, 5.74) is 1.93. The Kier molecular flexibility index (Phi) is 4.18. The molecule has 2 N–H and O–H groups in total. The minimum absolute atomic E-state index is 0.00832. The molecule has 0 unspecified atom stereocenters. The Morgan fingerprint density at radius 3 is 2.67 bits per heavy atom. The van der Waals surface area contributed by atoms with E-state index in [1.165, 1.54) is 6.07 Å². The smallest absolute Gasteiger partial charge is 0.337 e. The summed E-state index contributed by atoms with van der Waals surface area (Å²) >= 11 is 0. The first-order valence-corrected chi connectivity index (χ1v) is 6.29. The summed E-state index contributed by atoms with van der Waals surface area (Å²) in [5, 5.41) is 23.1. The van der Waals surface area contributed by atoms with Crippen molar-refractivity contribution in [3.05, 3.63) is 69.3 Å². The molecule has 6 heteroatoms. The highest BCUT2D eigenvalue weighted by atomic mass is 16.6. The number of anilines is 1. The molecule has 0 aromatic heterocycles. The Labute approximate surface area is 121 Å². The number of nitro groups is 1. The molecule has 0 aliphatic heterocycles. The van der Waals surface area contributed by atoms with Gasteiger partial charge in [-0.2, -0.15) is 0 Å². The molecule has 0 fully saturated rings. The molecule has 2 rings (SSSR count). The number of hydrogen-bond donors (Lipinski definition) is 2. The molecule has 108 valence electrons. The lowest BCUT2D eigenvalue weighted by atomic mass is 10.1. The van der Waals surface area contributed by atoms with Crippen molar-refractivity contribution in [1.82, 2.24) is 0 Å². The van der Waals surface area contributed by atoms with Crippen molar-refractivity contribution in [1.29, 1.82) is 0 Å². The Balaban J connectivity index is 2.25. The monoisotopic (exact) mass is 286 g/mol. The van der Waals surface area contributed by atoms with Gasteiger partial charge in [-0.1, -0.05) is 29.8 Å². The molecular weight excluding hydrogens is 272 g/mol. The molecule has 2 aromatic rings. The number of nitrogens with one attached hydrogen (secondary N) is 1. The third-order valence-corrected chi connectivity index (χ3v) is 3.06. The summed E-state index contributed by atoms with van der Waals surface area (Å²) in [6.45, 7) is 1.98. The van der Waals surface area contributed by atoms with Crippen LogP contribution in [0, 0.1) is 17.0 Å². The van der Waals surface area contributed by atoms with E-state index in [-0.39, 0.29) is 17.8 Å². The van der Waals surface area contributed by atoms with Crippen molar-refractivity contribution < 1.29 is 14.8 Å². The average molecular weight is 286 g/mol. The molecule has 0 amide bonds. The molecule has 0 saturated heterocycles. The molecule has 0 saturated carbocycles. The standard InChI is InChI=1S/C15H14N2O4/c1-10-6-7-13(12(8-10)15(18)19)16-9-11-4-2-3-5-14(11)17(20)21/h2-8,16H,9H2,1H3,(H,18,19). The Bertz CT molecular complexity index is 698. The summed E-state index contributed by atoms with van der Waals surface area (Å²) in [4.78, 5) is 21.7. The quantitative estimate of drug-likeness (QED) is 0.650. The number of rotatable bonds is 5. The lowest BCUT2D eigenvalue weighted by molar-refractivity contribution is -0.385. The van der Waals surface area contributed by atoms with Gasteiger partial charge < -0.3 is 10.4 Å². The van der Waals surface area contributed by atoms with Gasteiger partial charge >= 0.3 is 5.97 Å². The van der Waals surface area contributed by atoms with E-state index in [1.54, 1.807) is 43.3 Å². The van der Waals surface area contributed by atoms with Crippen molar-refractivity contribution in [3.8, 4) is 0 Å². The van der Waals surface area contributed by atoms with Gasteiger partial charge in [0.05, 0.1) is 10.5 Å². The molecule has 0 bridgehead atoms. The summed E-state index contributed by atoms with van der Waals surface area (Å²) < 4.78 is 0.